The number of nitrogens with one attached hydrogen (secondary N) is 1. The van der Waals surface area contributed by atoms with Gasteiger partial charge < -0.3 is 14.2 Å². The summed E-state index contributed by atoms with van der Waals surface area (Å²) in [7, 11) is 0. The molecule has 1 aliphatic rings. The van der Waals surface area contributed by atoms with Crippen molar-refractivity contribution in [3.8, 4) is 5.75 Å². The van der Waals surface area contributed by atoms with Crippen molar-refractivity contribution < 1.29 is 28.6 Å². The zero-order valence-corrected chi connectivity index (χ0v) is 17.2. The van der Waals surface area contributed by atoms with Gasteiger partial charge in [-0.3, -0.25) is 15.0 Å². The Labute approximate surface area is 165 Å². The van der Waals surface area contributed by atoms with Crippen LogP contribution in [0.1, 0.15) is 48.0 Å². The molecule has 0 aromatic heterocycles. The number of esters is 1. The van der Waals surface area contributed by atoms with Gasteiger partial charge in [-0.1, -0.05) is 6.92 Å². The average molecular weight is 392 g/mol. The van der Waals surface area contributed by atoms with E-state index in [-0.39, 0.29) is 18.6 Å². The normalized spacial score (nSPS) is 14.8. The van der Waals surface area contributed by atoms with Crippen molar-refractivity contribution in [2.24, 2.45) is 0 Å². The van der Waals surface area contributed by atoms with Gasteiger partial charge in [0.2, 0.25) is 0 Å². The summed E-state index contributed by atoms with van der Waals surface area (Å²) in [6.45, 7) is 10.4. The van der Waals surface area contributed by atoms with Gasteiger partial charge in [-0.2, -0.15) is 0 Å². The smallest absolute Gasteiger partial charge is 0.412 e. The molecular formula is C20H28N2O6. The molecule has 1 atom stereocenters. The van der Waals surface area contributed by atoms with Crippen molar-refractivity contribution in [2.75, 3.05) is 16.8 Å². The molecule has 1 aliphatic heterocycles. The molecule has 1 N–H and O–H groups in total. The number of fused-ring (bicyclic) bond motifs is 1. The van der Waals surface area contributed by atoms with E-state index in [0.29, 0.717) is 23.5 Å². The lowest BCUT2D eigenvalue weighted by Crippen LogP contribution is -2.50. The zero-order valence-electron chi connectivity index (χ0n) is 17.2. The number of amides is 2. The Morgan fingerprint density at radius 2 is 1.96 bits per heavy atom. The van der Waals surface area contributed by atoms with Crippen molar-refractivity contribution in [3.05, 3.63) is 18.2 Å². The minimum atomic E-state index is -0.783. The Balaban J connectivity index is 2.32. The van der Waals surface area contributed by atoms with Gasteiger partial charge in [0.1, 0.15) is 17.4 Å². The van der Waals surface area contributed by atoms with E-state index in [4.69, 9.17) is 14.2 Å². The molecular weight excluding hydrogens is 364 g/mol. The average Bonchev–Trinajstić information content (AvgIpc) is 2.55. The molecule has 1 unspecified atom stereocenters. The fourth-order valence-corrected chi connectivity index (χ4v) is 2.78. The standard InChI is InChI=1S/C20H28N2O6/c1-7-14(18(24)27-12(2)3)22-15-10-13(21-19(25)28-20(4,5)6)8-9-16(15)26-11-17(22)23/h8-10,12,14H,7,11H2,1-6H3,(H,21,25). The third-order valence-corrected chi connectivity index (χ3v) is 3.81. The molecule has 0 bridgehead atoms. The van der Waals surface area contributed by atoms with Crippen LogP contribution >= 0.6 is 0 Å². The highest BCUT2D eigenvalue weighted by molar-refractivity contribution is 6.03. The van der Waals surface area contributed by atoms with Gasteiger partial charge in [0, 0.05) is 5.69 Å². The number of carbonyl (C=O) groups is 3. The van der Waals surface area contributed by atoms with Crippen LogP contribution in [0.5, 0.6) is 5.75 Å². The lowest BCUT2D eigenvalue weighted by atomic mass is 10.1. The third-order valence-electron chi connectivity index (χ3n) is 3.81. The quantitative estimate of drug-likeness (QED) is 0.771. The summed E-state index contributed by atoms with van der Waals surface area (Å²) in [6, 6.07) is 4.09. The van der Waals surface area contributed by atoms with Gasteiger partial charge in [0.05, 0.1) is 11.8 Å². The molecule has 8 heteroatoms. The van der Waals surface area contributed by atoms with Crippen LogP contribution in [0, 0.1) is 0 Å². The summed E-state index contributed by atoms with van der Waals surface area (Å²) in [4.78, 5) is 38.5. The summed E-state index contributed by atoms with van der Waals surface area (Å²) in [5.74, 6) is -0.385. The van der Waals surface area contributed by atoms with Gasteiger partial charge in [-0.05, 0) is 59.2 Å². The van der Waals surface area contributed by atoms with Crippen LogP contribution in [-0.2, 0) is 19.1 Å². The van der Waals surface area contributed by atoms with Gasteiger partial charge in [0.25, 0.3) is 5.91 Å². The molecule has 1 aromatic rings. The first-order valence-electron chi connectivity index (χ1n) is 9.31. The highest BCUT2D eigenvalue weighted by atomic mass is 16.6. The van der Waals surface area contributed by atoms with Crippen molar-refractivity contribution in [2.45, 2.75) is 65.7 Å². The molecule has 2 amide bonds. The third kappa shape index (κ3) is 5.37. The van der Waals surface area contributed by atoms with Crippen molar-refractivity contribution in [3.63, 3.8) is 0 Å². The van der Waals surface area contributed by atoms with Crippen LogP contribution in [0.4, 0.5) is 16.2 Å². The second-order valence-electron chi connectivity index (χ2n) is 7.77. The van der Waals surface area contributed by atoms with Gasteiger partial charge in [-0.15, -0.1) is 0 Å². The number of nitrogens with zero attached hydrogens (tertiary/aromatic N) is 1. The monoisotopic (exact) mass is 392 g/mol. The number of ether oxygens (including phenoxy) is 3. The van der Waals surface area contributed by atoms with Crippen molar-refractivity contribution in [1.82, 2.24) is 0 Å². The molecule has 0 saturated heterocycles. The molecule has 0 aliphatic carbocycles. The summed E-state index contributed by atoms with van der Waals surface area (Å²) in [5.41, 5.74) is 0.179. The Hall–Kier alpha value is -2.77. The first-order valence-corrected chi connectivity index (χ1v) is 9.31. The lowest BCUT2D eigenvalue weighted by Gasteiger charge is -2.34. The molecule has 28 heavy (non-hydrogen) atoms. The molecule has 1 heterocycles. The second kappa shape index (κ2) is 8.50. The van der Waals surface area contributed by atoms with E-state index in [1.54, 1.807) is 59.7 Å². The minimum absolute atomic E-state index is 0.169. The topological polar surface area (TPSA) is 94.2 Å². The number of hydrogen-bond acceptors (Lipinski definition) is 6. The first-order chi connectivity index (χ1) is 13.0. The SMILES string of the molecule is CCC(C(=O)OC(C)C)N1C(=O)COc2ccc(NC(=O)OC(C)(C)C)cc21. The van der Waals surface area contributed by atoms with Crippen LogP contribution < -0.4 is 15.0 Å². The maximum absolute atomic E-state index is 12.5. The number of rotatable bonds is 5. The van der Waals surface area contributed by atoms with E-state index in [1.165, 1.54) is 4.90 Å². The number of benzene rings is 1. The van der Waals surface area contributed by atoms with Gasteiger partial charge in [0.15, 0.2) is 6.61 Å². The van der Waals surface area contributed by atoms with Crippen LogP contribution in [0.2, 0.25) is 0 Å². The van der Waals surface area contributed by atoms with E-state index in [0.717, 1.165) is 0 Å². The first kappa shape index (κ1) is 21.5. The Morgan fingerprint density at radius 3 is 2.54 bits per heavy atom. The Bertz CT molecular complexity index is 754. The van der Waals surface area contributed by atoms with Crippen molar-refractivity contribution in [1.29, 1.82) is 0 Å². The fraction of sp³-hybridized carbons (Fsp3) is 0.550. The van der Waals surface area contributed by atoms with Crippen LogP contribution in [0.15, 0.2) is 18.2 Å². The molecule has 1 aromatic carbocycles. The van der Waals surface area contributed by atoms with Crippen LogP contribution in [0.25, 0.3) is 0 Å². The molecule has 0 fully saturated rings. The highest BCUT2D eigenvalue weighted by Crippen LogP contribution is 2.36. The summed E-state index contributed by atoms with van der Waals surface area (Å²) >= 11 is 0. The predicted molar refractivity (Wildman–Crippen MR) is 105 cm³/mol. The molecule has 0 saturated carbocycles. The van der Waals surface area contributed by atoms with E-state index in [2.05, 4.69) is 5.32 Å². The largest absolute Gasteiger partial charge is 0.482 e. The summed E-state index contributed by atoms with van der Waals surface area (Å²) in [6.07, 6.45) is -0.536. The summed E-state index contributed by atoms with van der Waals surface area (Å²) < 4.78 is 16.0. The highest BCUT2D eigenvalue weighted by Gasteiger charge is 2.36. The Morgan fingerprint density at radius 1 is 1.29 bits per heavy atom. The molecule has 154 valence electrons. The molecule has 8 nitrogen and oxygen atoms in total. The van der Waals surface area contributed by atoms with E-state index in [1.807, 2.05) is 0 Å². The molecule has 0 spiro atoms. The Kier molecular flexibility index (Phi) is 6.53. The van der Waals surface area contributed by atoms with Gasteiger partial charge in [-0.25, -0.2) is 9.59 Å². The van der Waals surface area contributed by atoms with Crippen LogP contribution in [-0.4, -0.2) is 42.3 Å². The van der Waals surface area contributed by atoms with Crippen molar-refractivity contribution >= 4 is 29.3 Å². The van der Waals surface area contributed by atoms with Crippen LogP contribution in [0.3, 0.4) is 0 Å². The predicted octanol–water partition coefficient (Wildman–Crippen LogP) is 3.49. The molecule has 2 rings (SSSR count). The maximum atomic E-state index is 12.5. The zero-order chi connectivity index (χ0) is 21.1. The van der Waals surface area contributed by atoms with E-state index < -0.39 is 23.7 Å². The number of carbonyl (C=O) groups excluding carboxylic acids is 3. The van der Waals surface area contributed by atoms with E-state index in [9.17, 15) is 14.4 Å². The number of hydrogen-bond donors (Lipinski definition) is 1. The second-order valence-corrected chi connectivity index (χ2v) is 7.77. The lowest BCUT2D eigenvalue weighted by molar-refractivity contribution is -0.150. The van der Waals surface area contributed by atoms with E-state index >= 15 is 0 Å². The number of anilines is 2. The summed E-state index contributed by atoms with van der Waals surface area (Å²) in [5, 5.41) is 2.63. The van der Waals surface area contributed by atoms with Gasteiger partial charge >= 0.3 is 12.1 Å². The fourth-order valence-electron chi connectivity index (χ4n) is 2.78. The minimum Gasteiger partial charge on any atom is -0.482 e. The maximum Gasteiger partial charge on any atom is 0.412 e. The molecule has 0 radical (unpaired) electrons.